The molecule has 38 valence electrons. The smallest absolute Gasteiger partial charge is 0.145 e. The molecule has 1 aliphatic heterocycles. The van der Waals surface area contributed by atoms with Crippen molar-refractivity contribution in [2.45, 2.75) is 19.8 Å². The van der Waals surface area contributed by atoms with Crippen LogP contribution in [0.3, 0.4) is 0 Å². The van der Waals surface area contributed by atoms with Crippen molar-refractivity contribution in [2.24, 2.45) is 5.92 Å². The van der Waals surface area contributed by atoms with Crippen molar-refractivity contribution in [1.29, 1.82) is 0 Å². The molecular weight excluding hydrogens is 88.1 g/mol. The van der Waals surface area contributed by atoms with Crippen molar-refractivity contribution in [1.82, 2.24) is 0 Å². The van der Waals surface area contributed by atoms with Gasteiger partial charge in [-0.25, -0.2) is 0 Å². The lowest BCUT2D eigenvalue weighted by Gasteiger charge is -1.99. The Labute approximate surface area is 43.0 Å². The molecule has 0 radical (unpaired) electrons. The molecule has 1 nitrogen and oxygen atoms in total. The van der Waals surface area contributed by atoms with Gasteiger partial charge in [0.15, 0.2) is 0 Å². The van der Waals surface area contributed by atoms with Crippen LogP contribution in [0.15, 0.2) is 11.5 Å². The van der Waals surface area contributed by atoms with E-state index >= 15 is 0 Å². The minimum atomic E-state index is 0.745. The van der Waals surface area contributed by atoms with Gasteiger partial charge in [-0.3, -0.25) is 0 Å². The lowest BCUT2D eigenvalue weighted by Crippen LogP contribution is -1.88. The van der Waals surface area contributed by atoms with E-state index in [-0.39, 0.29) is 0 Å². The molecule has 1 heterocycles. The quantitative estimate of drug-likeness (QED) is 0.446. The fraction of sp³-hybridized carbons (Fsp3) is 0.667. The fourth-order valence-corrected chi connectivity index (χ4v) is 1.14. The zero-order chi connectivity index (χ0) is 4.85. The normalized spacial score (nSPS) is 35.3. The van der Waals surface area contributed by atoms with Crippen LogP contribution in [-0.4, -0.2) is 0 Å². The average Bonchev–Trinajstić information content (AvgIpc) is 2.33. The van der Waals surface area contributed by atoms with Crippen molar-refractivity contribution >= 4 is 0 Å². The van der Waals surface area contributed by atoms with Crippen molar-refractivity contribution in [3.8, 4) is 0 Å². The summed E-state index contributed by atoms with van der Waals surface area (Å²) in [7, 11) is 0. The first-order chi connectivity index (χ1) is 3.38. The third-order valence-electron chi connectivity index (χ3n) is 1.72. The maximum Gasteiger partial charge on any atom is 0.145 e. The summed E-state index contributed by atoms with van der Waals surface area (Å²) in [6.07, 6.45) is 2.53. The summed E-state index contributed by atoms with van der Waals surface area (Å²) in [6.45, 7) is 2.22. The van der Waals surface area contributed by atoms with E-state index in [2.05, 4.69) is 6.92 Å². The van der Waals surface area contributed by atoms with Gasteiger partial charge in [0.25, 0.3) is 0 Å². The van der Waals surface area contributed by atoms with Gasteiger partial charge >= 0.3 is 0 Å². The summed E-state index contributed by atoms with van der Waals surface area (Å²) in [5, 5.41) is 0. The van der Waals surface area contributed by atoms with Gasteiger partial charge in [0.05, 0.1) is 0 Å². The van der Waals surface area contributed by atoms with Crippen LogP contribution < -0.4 is 0 Å². The number of hydrogen-bond acceptors (Lipinski definition) is 1. The molecule has 1 unspecified atom stereocenters. The van der Waals surface area contributed by atoms with E-state index < -0.39 is 0 Å². The van der Waals surface area contributed by atoms with Gasteiger partial charge in [-0.15, -0.1) is 0 Å². The van der Waals surface area contributed by atoms with Crippen LogP contribution in [0.4, 0.5) is 0 Å². The van der Waals surface area contributed by atoms with E-state index in [0.717, 1.165) is 5.92 Å². The summed E-state index contributed by atoms with van der Waals surface area (Å²) < 4.78 is 5.10. The first-order valence-corrected chi connectivity index (χ1v) is 2.79. The Morgan fingerprint density at radius 3 is 2.71 bits per heavy atom. The highest BCUT2D eigenvalue weighted by atomic mass is 16.6. The second-order valence-electron chi connectivity index (χ2n) is 2.33. The van der Waals surface area contributed by atoms with Crippen LogP contribution in [0.5, 0.6) is 0 Å². The van der Waals surface area contributed by atoms with Crippen molar-refractivity contribution in [3.05, 3.63) is 11.5 Å². The van der Waals surface area contributed by atoms with E-state index in [1.54, 1.807) is 0 Å². The summed E-state index contributed by atoms with van der Waals surface area (Å²) in [5.74, 6) is 3.32. The number of hydrogen-bond donors (Lipinski definition) is 0. The lowest BCUT2D eigenvalue weighted by molar-refractivity contribution is 0.358. The highest BCUT2D eigenvalue weighted by Gasteiger charge is 2.35. The molecule has 0 aromatic carbocycles. The maximum atomic E-state index is 5.10. The Bertz CT molecular complexity index is 135. The van der Waals surface area contributed by atoms with Gasteiger partial charge in [0.2, 0.25) is 0 Å². The van der Waals surface area contributed by atoms with Gasteiger partial charge in [-0.1, -0.05) is 6.92 Å². The second-order valence-corrected chi connectivity index (χ2v) is 2.33. The number of allylic oxidation sites excluding steroid dienone is 2. The molecule has 0 bridgehead atoms. The van der Waals surface area contributed by atoms with Crippen LogP contribution in [-0.2, 0) is 4.74 Å². The number of rotatable bonds is 0. The summed E-state index contributed by atoms with van der Waals surface area (Å²) >= 11 is 0. The highest BCUT2D eigenvalue weighted by Crippen LogP contribution is 2.45. The Balaban J connectivity index is 2.24. The molecule has 1 heteroatoms. The minimum absolute atomic E-state index is 0.745. The minimum Gasteiger partial charge on any atom is -0.459 e. The second kappa shape index (κ2) is 0.857. The third-order valence-corrected chi connectivity index (χ3v) is 1.72. The van der Waals surface area contributed by atoms with Crippen molar-refractivity contribution in [2.75, 3.05) is 0 Å². The third kappa shape index (κ3) is 0.328. The molecule has 0 spiro atoms. The molecule has 0 aromatic rings. The van der Waals surface area contributed by atoms with Crippen LogP contribution >= 0.6 is 0 Å². The largest absolute Gasteiger partial charge is 0.459 e. The van der Waals surface area contributed by atoms with Gasteiger partial charge < -0.3 is 4.74 Å². The Kier molecular flexibility index (Phi) is 0.432. The van der Waals surface area contributed by atoms with E-state index in [1.165, 1.54) is 24.4 Å². The van der Waals surface area contributed by atoms with Crippen LogP contribution in [0.25, 0.3) is 0 Å². The van der Waals surface area contributed by atoms with E-state index in [1.807, 2.05) is 0 Å². The van der Waals surface area contributed by atoms with E-state index in [4.69, 9.17) is 4.74 Å². The molecular formula is C6H8O. The van der Waals surface area contributed by atoms with Gasteiger partial charge in [-0.2, -0.15) is 0 Å². The highest BCUT2D eigenvalue weighted by molar-refractivity contribution is 5.24. The van der Waals surface area contributed by atoms with Gasteiger partial charge in [0, 0.05) is 12.3 Å². The first-order valence-electron chi connectivity index (χ1n) is 2.79. The van der Waals surface area contributed by atoms with Crippen LogP contribution in [0.1, 0.15) is 19.8 Å². The molecule has 0 fully saturated rings. The molecule has 0 saturated heterocycles. The zero-order valence-electron chi connectivity index (χ0n) is 4.40. The zero-order valence-corrected chi connectivity index (χ0v) is 4.40. The lowest BCUT2D eigenvalue weighted by atomic mass is 10.1. The molecule has 0 amide bonds. The van der Waals surface area contributed by atoms with Gasteiger partial charge in [-0.05, 0) is 6.42 Å². The summed E-state index contributed by atoms with van der Waals surface area (Å²) in [4.78, 5) is 0. The first kappa shape index (κ1) is 3.53. The molecule has 7 heavy (non-hydrogen) atoms. The molecule has 0 N–H and O–H groups in total. The molecule has 1 atom stereocenters. The standard InChI is InChI=1S/C6H8O/c1-4-2-3-5-6(4)7-5/h4H,2-3H2,1H3. The van der Waals surface area contributed by atoms with Crippen LogP contribution in [0.2, 0.25) is 0 Å². The molecule has 0 aromatic heterocycles. The van der Waals surface area contributed by atoms with Gasteiger partial charge in [0.1, 0.15) is 11.5 Å². The molecule has 1 aliphatic carbocycles. The fourth-order valence-electron chi connectivity index (χ4n) is 1.14. The average molecular weight is 96.1 g/mol. The van der Waals surface area contributed by atoms with Crippen molar-refractivity contribution < 1.29 is 4.74 Å². The SMILES string of the molecule is CC1CCC2=C1O2. The maximum absolute atomic E-state index is 5.10. The topological polar surface area (TPSA) is 12.5 Å². The van der Waals surface area contributed by atoms with Crippen molar-refractivity contribution in [3.63, 3.8) is 0 Å². The molecule has 2 rings (SSSR count). The Morgan fingerprint density at radius 1 is 1.71 bits per heavy atom. The Hall–Kier alpha value is -0.460. The summed E-state index contributed by atoms with van der Waals surface area (Å²) in [5.41, 5.74) is 0. The predicted molar refractivity (Wildman–Crippen MR) is 26.5 cm³/mol. The predicted octanol–water partition coefficient (Wildman–Crippen LogP) is 1.66. The molecule has 0 saturated carbocycles. The Morgan fingerprint density at radius 2 is 2.57 bits per heavy atom. The van der Waals surface area contributed by atoms with Crippen LogP contribution in [0, 0.1) is 5.92 Å². The summed E-state index contributed by atoms with van der Waals surface area (Å²) in [6, 6.07) is 0. The number of ether oxygens (including phenoxy) is 1. The van der Waals surface area contributed by atoms with E-state index in [9.17, 15) is 0 Å². The van der Waals surface area contributed by atoms with E-state index in [0.29, 0.717) is 0 Å². The molecule has 2 aliphatic rings. The monoisotopic (exact) mass is 96.1 g/mol.